The van der Waals surface area contributed by atoms with Gasteiger partial charge in [-0.15, -0.1) is 0 Å². The van der Waals surface area contributed by atoms with Gasteiger partial charge in [0.2, 0.25) is 5.91 Å². The number of benzene rings is 1. The molecule has 5 heteroatoms. The third-order valence-electron chi connectivity index (χ3n) is 3.39. The highest BCUT2D eigenvalue weighted by molar-refractivity contribution is 6.00. The average molecular weight is 293 g/mol. The zero-order valence-corrected chi connectivity index (χ0v) is 12.1. The van der Waals surface area contributed by atoms with Crippen LogP contribution in [-0.4, -0.2) is 15.5 Å². The molecule has 22 heavy (non-hydrogen) atoms. The topological polar surface area (TPSA) is 64.0 Å². The van der Waals surface area contributed by atoms with E-state index in [2.05, 4.69) is 10.3 Å². The molecule has 1 aromatic carbocycles. The molecule has 3 rings (SSSR count). The molecule has 0 aliphatic rings. The van der Waals surface area contributed by atoms with Crippen LogP contribution in [-0.2, 0) is 11.3 Å². The number of hydrogen-bond donors (Lipinski definition) is 1. The Hall–Kier alpha value is -2.95. The second-order valence-electron chi connectivity index (χ2n) is 5.09. The van der Waals surface area contributed by atoms with Crippen LogP contribution in [0.25, 0.3) is 10.9 Å². The first kappa shape index (κ1) is 14.0. The fourth-order valence-electron chi connectivity index (χ4n) is 2.29. The van der Waals surface area contributed by atoms with Gasteiger partial charge in [-0.1, -0.05) is 6.07 Å². The van der Waals surface area contributed by atoms with Crippen LogP contribution in [0.1, 0.15) is 5.56 Å². The van der Waals surface area contributed by atoms with E-state index in [0.29, 0.717) is 5.69 Å². The molecule has 0 aliphatic heterocycles. The predicted octanol–water partition coefficient (Wildman–Crippen LogP) is 2.34. The number of rotatable bonds is 3. The Morgan fingerprint density at radius 1 is 1.23 bits per heavy atom. The molecule has 0 fully saturated rings. The molecular formula is C17H15N3O2. The average Bonchev–Trinajstić information content (AvgIpc) is 2.50. The maximum Gasteiger partial charge on any atom is 0.251 e. The van der Waals surface area contributed by atoms with Gasteiger partial charge in [0.1, 0.15) is 6.54 Å². The van der Waals surface area contributed by atoms with E-state index in [4.69, 9.17) is 0 Å². The summed E-state index contributed by atoms with van der Waals surface area (Å²) < 4.78 is 1.38. The predicted molar refractivity (Wildman–Crippen MR) is 85.8 cm³/mol. The van der Waals surface area contributed by atoms with Gasteiger partial charge in [0.25, 0.3) is 5.56 Å². The van der Waals surface area contributed by atoms with E-state index in [-0.39, 0.29) is 18.0 Å². The first-order valence-electron chi connectivity index (χ1n) is 6.94. The van der Waals surface area contributed by atoms with Crippen molar-refractivity contribution in [1.82, 2.24) is 9.55 Å². The molecule has 0 saturated carbocycles. The quantitative estimate of drug-likeness (QED) is 0.806. The van der Waals surface area contributed by atoms with Gasteiger partial charge in [-0.3, -0.25) is 14.6 Å². The summed E-state index contributed by atoms with van der Waals surface area (Å²) in [4.78, 5) is 28.2. The van der Waals surface area contributed by atoms with Crippen molar-refractivity contribution >= 4 is 22.5 Å². The van der Waals surface area contributed by atoms with Gasteiger partial charge >= 0.3 is 0 Å². The molecule has 0 atom stereocenters. The molecule has 0 saturated heterocycles. The van der Waals surface area contributed by atoms with Gasteiger partial charge in [-0.2, -0.15) is 0 Å². The summed E-state index contributed by atoms with van der Waals surface area (Å²) in [6, 6.07) is 12.6. The van der Waals surface area contributed by atoms with Gasteiger partial charge in [0.15, 0.2) is 0 Å². The van der Waals surface area contributed by atoms with Crippen LogP contribution >= 0.6 is 0 Å². The number of aromatic nitrogens is 2. The van der Waals surface area contributed by atoms with E-state index in [0.717, 1.165) is 16.5 Å². The van der Waals surface area contributed by atoms with E-state index in [9.17, 15) is 9.59 Å². The maximum absolute atomic E-state index is 12.2. The number of pyridine rings is 2. The number of fused-ring (bicyclic) bond motifs is 1. The Bertz CT molecular complexity index is 894. The molecule has 0 radical (unpaired) electrons. The highest BCUT2D eigenvalue weighted by Crippen LogP contribution is 2.21. The fourth-order valence-corrected chi connectivity index (χ4v) is 2.29. The van der Waals surface area contributed by atoms with Crippen LogP contribution < -0.4 is 10.9 Å². The van der Waals surface area contributed by atoms with E-state index in [1.807, 2.05) is 37.3 Å². The van der Waals surface area contributed by atoms with E-state index < -0.39 is 0 Å². The molecular weight excluding hydrogens is 278 g/mol. The Morgan fingerprint density at radius 3 is 2.91 bits per heavy atom. The summed E-state index contributed by atoms with van der Waals surface area (Å²) in [5.74, 6) is -0.248. The Balaban J connectivity index is 1.83. The Labute approximate surface area is 127 Å². The number of nitrogens with one attached hydrogen (secondary N) is 1. The molecule has 2 heterocycles. The molecule has 1 amide bonds. The monoisotopic (exact) mass is 293 g/mol. The number of carbonyl (C=O) groups excluding carboxylic acids is 1. The van der Waals surface area contributed by atoms with Crippen molar-refractivity contribution in [3.63, 3.8) is 0 Å². The first-order valence-corrected chi connectivity index (χ1v) is 6.94. The number of hydrogen-bond acceptors (Lipinski definition) is 3. The minimum absolute atomic E-state index is 0.0181. The molecule has 0 spiro atoms. The molecule has 5 nitrogen and oxygen atoms in total. The highest BCUT2D eigenvalue weighted by atomic mass is 16.2. The van der Waals surface area contributed by atoms with Crippen molar-refractivity contribution < 1.29 is 4.79 Å². The van der Waals surface area contributed by atoms with E-state index in [1.165, 1.54) is 10.6 Å². The van der Waals surface area contributed by atoms with Gasteiger partial charge in [-0.25, -0.2) is 0 Å². The lowest BCUT2D eigenvalue weighted by Crippen LogP contribution is -2.26. The van der Waals surface area contributed by atoms with Crippen LogP contribution in [0.3, 0.4) is 0 Å². The van der Waals surface area contributed by atoms with E-state index in [1.54, 1.807) is 18.5 Å². The van der Waals surface area contributed by atoms with Gasteiger partial charge < -0.3 is 9.88 Å². The molecule has 0 aliphatic carbocycles. The fraction of sp³-hybridized carbons (Fsp3) is 0.118. The van der Waals surface area contributed by atoms with Crippen LogP contribution in [0.15, 0.2) is 59.7 Å². The molecule has 0 bridgehead atoms. The lowest BCUT2D eigenvalue weighted by molar-refractivity contribution is -0.116. The Kier molecular flexibility index (Phi) is 3.70. The summed E-state index contributed by atoms with van der Waals surface area (Å²) in [5, 5.41) is 3.71. The van der Waals surface area contributed by atoms with Crippen LogP contribution in [0.5, 0.6) is 0 Å². The smallest absolute Gasteiger partial charge is 0.251 e. The van der Waals surface area contributed by atoms with Gasteiger partial charge in [0.05, 0.1) is 11.2 Å². The van der Waals surface area contributed by atoms with Crippen molar-refractivity contribution in [2.75, 3.05) is 5.32 Å². The number of carbonyl (C=O) groups is 1. The molecule has 3 aromatic rings. The normalized spacial score (nSPS) is 10.6. The zero-order chi connectivity index (χ0) is 15.5. The highest BCUT2D eigenvalue weighted by Gasteiger charge is 2.07. The third-order valence-corrected chi connectivity index (χ3v) is 3.39. The van der Waals surface area contributed by atoms with E-state index >= 15 is 0 Å². The minimum atomic E-state index is -0.248. The Morgan fingerprint density at radius 2 is 2.09 bits per heavy atom. The maximum atomic E-state index is 12.2. The number of nitrogens with zero attached hydrogens (tertiary/aromatic N) is 2. The zero-order valence-electron chi connectivity index (χ0n) is 12.1. The summed E-state index contributed by atoms with van der Waals surface area (Å²) in [6.45, 7) is 1.82. The van der Waals surface area contributed by atoms with Gasteiger partial charge in [0, 0.05) is 23.8 Å². The molecule has 2 aromatic heterocycles. The van der Waals surface area contributed by atoms with Crippen molar-refractivity contribution in [2.24, 2.45) is 0 Å². The third kappa shape index (κ3) is 2.88. The van der Waals surface area contributed by atoms with Crippen molar-refractivity contribution in [3.8, 4) is 0 Å². The molecule has 110 valence electrons. The summed E-state index contributed by atoms with van der Waals surface area (Å²) in [6.07, 6.45) is 3.34. The summed E-state index contributed by atoms with van der Waals surface area (Å²) in [5.41, 5.74) is 2.19. The van der Waals surface area contributed by atoms with Crippen LogP contribution in [0.2, 0.25) is 0 Å². The SMILES string of the molecule is Cc1ccn(CC(=O)Nc2cccc3ncccc23)c(=O)c1. The molecule has 0 unspecified atom stereocenters. The molecule has 1 N–H and O–H groups in total. The lowest BCUT2D eigenvalue weighted by Gasteiger charge is -2.09. The van der Waals surface area contributed by atoms with Crippen molar-refractivity contribution in [2.45, 2.75) is 13.5 Å². The minimum Gasteiger partial charge on any atom is -0.324 e. The van der Waals surface area contributed by atoms with Crippen LogP contribution in [0, 0.1) is 6.92 Å². The number of amides is 1. The first-order chi connectivity index (χ1) is 10.6. The van der Waals surface area contributed by atoms with Crippen molar-refractivity contribution in [1.29, 1.82) is 0 Å². The summed E-state index contributed by atoms with van der Waals surface area (Å²) in [7, 11) is 0. The second-order valence-corrected chi connectivity index (χ2v) is 5.09. The van der Waals surface area contributed by atoms with Crippen molar-refractivity contribution in [3.05, 3.63) is 70.8 Å². The largest absolute Gasteiger partial charge is 0.324 e. The lowest BCUT2D eigenvalue weighted by atomic mass is 10.2. The summed E-state index contributed by atoms with van der Waals surface area (Å²) >= 11 is 0. The van der Waals surface area contributed by atoms with Crippen LogP contribution in [0.4, 0.5) is 5.69 Å². The standard InChI is InChI=1S/C17H15N3O2/c1-12-7-9-20(17(22)10-12)11-16(21)19-15-6-2-5-14-13(15)4-3-8-18-14/h2-10H,11H2,1H3,(H,19,21). The second kappa shape index (κ2) is 5.81. The number of anilines is 1. The number of aryl methyl sites for hydroxylation is 1. The van der Waals surface area contributed by atoms with Gasteiger partial charge in [-0.05, 0) is 42.8 Å².